The third kappa shape index (κ3) is 8.70. The molecular weight excluding hydrogens is 1290 g/mol. The largest absolute Gasteiger partial charge is 0.452 e. The normalized spacial score (nSPS) is 17.0. The van der Waals surface area contributed by atoms with Gasteiger partial charge in [-0.05, 0) is 151 Å². The van der Waals surface area contributed by atoms with Crippen molar-refractivity contribution in [2.75, 3.05) is 9.80 Å². The highest BCUT2D eigenvalue weighted by atomic mass is 16.3. The van der Waals surface area contributed by atoms with E-state index in [0.29, 0.717) is 77.5 Å². The van der Waals surface area contributed by atoms with Crippen LogP contribution in [0.2, 0.25) is 0 Å². The van der Waals surface area contributed by atoms with Crippen LogP contribution in [0.25, 0.3) is 149 Å². The predicted octanol–water partition coefficient (Wildman–Crippen LogP) is 24.8. The number of benzene rings is 15. The maximum Gasteiger partial charge on any atom is 0.252 e. The van der Waals surface area contributed by atoms with Crippen LogP contribution < -0.4 is 26.2 Å². The molecule has 0 N–H and O–H groups in total. The van der Waals surface area contributed by atoms with E-state index in [2.05, 4.69) is 59.7 Å². The van der Waals surface area contributed by atoms with Crippen LogP contribution in [0.5, 0.6) is 0 Å². The molecule has 2 aliphatic heterocycles. The second kappa shape index (κ2) is 22.2. The highest BCUT2D eigenvalue weighted by molar-refractivity contribution is 7.00. The average molecular weight is 1390 g/mol. The van der Waals surface area contributed by atoms with Gasteiger partial charge in [-0.15, -0.1) is 0 Å². The molecule has 22 rings (SSSR count). The van der Waals surface area contributed by atoms with Gasteiger partial charge < -0.3 is 32.3 Å². The van der Waals surface area contributed by atoms with Crippen molar-refractivity contribution in [1.29, 1.82) is 0 Å². The maximum atomic E-state index is 9.85. The minimum absolute atomic E-state index is 0.0737. The average Bonchev–Trinajstić information content (AvgIpc) is 1.66. The third-order valence-corrected chi connectivity index (χ3v) is 21.1. The molecule has 0 amide bonds. The number of furan rings is 2. The molecule has 5 aromatic heterocycles. The molecule has 7 heterocycles. The Bertz CT molecular complexity index is 8710. The number of fused-ring (bicyclic) bond motifs is 19. The van der Waals surface area contributed by atoms with Gasteiger partial charge in [-0.3, -0.25) is 0 Å². The zero-order valence-electron chi connectivity index (χ0n) is 86.4. The second-order valence-electron chi connectivity index (χ2n) is 29.0. The van der Waals surface area contributed by atoms with Gasteiger partial charge in [-0.1, -0.05) is 265 Å². The highest BCUT2D eigenvalue weighted by Crippen LogP contribution is 2.53. The number of hydrogen-bond donors (Lipinski definition) is 0. The Morgan fingerprint density at radius 3 is 1.03 bits per heavy atom. The van der Waals surface area contributed by atoms with E-state index in [1.54, 1.807) is 84.9 Å². The number of anilines is 6. The summed E-state index contributed by atoms with van der Waals surface area (Å²) < 4.78 is 290. The lowest BCUT2D eigenvalue weighted by Gasteiger charge is -2.44. The molecule has 20 aromatic rings. The summed E-state index contributed by atoms with van der Waals surface area (Å²) in [6, 6.07) is 24.3. The first kappa shape index (κ1) is 38.5. The van der Waals surface area contributed by atoms with Gasteiger partial charge in [-0.2, -0.15) is 0 Å². The van der Waals surface area contributed by atoms with Gasteiger partial charge in [0.15, 0.2) is 22.3 Å². The summed E-state index contributed by atoms with van der Waals surface area (Å²) in [5.41, 5.74) is 5.39. The molecule has 0 saturated heterocycles. The van der Waals surface area contributed by atoms with Gasteiger partial charge in [0.1, 0.15) is 0 Å². The Kier molecular flexibility index (Phi) is 8.07. The van der Waals surface area contributed by atoms with Crippen LogP contribution >= 0.6 is 0 Å². The van der Waals surface area contributed by atoms with E-state index in [-0.39, 0.29) is 122 Å². The second-order valence-corrected chi connectivity index (χ2v) is 29.0. The first-order chi connectivity index (χ1) is 63.9. The first-order valence-corrected chi connectivity index (χ1v) is 34.6. The van der Waals surface area contributed by atoms with Crippen molar-refractivity contribution in [2.24, 2.45) is 0 Å². The van der Waals surface area contributed by atoms with Gasteiger partial charge in [0.25, 0.3) is 6.71 Å². The van der Waals surface area contributed by atoms with Crippen molar-refractivity contribution >= 4 is 167 Å². The summed E-state index contributed by atoms with van der Waals surface area (Å²) in [6.07, 6.45) is 0. The molecule has 502 valence electrons. The fraction of sp³-hybridized carbons (Fsp3) is 0.0816. The van der Waals surface area contributed by atoms with Gasteiger partial charge in [0, 0.05) is 82.3 Å². The minimum atomic E-state index is -1.00. The smallest absolute Gasteiger partial charge is 0.252 e. The van der Waals surface area contributed by atoms with Crippen LogP contribution in [0.1, 0.15) is 92.4 Å². The van der Waals surface area contributed by atoms with Crippen molar-refractivity contribution in [1.82, 2.24) is 13.7 Å². The summed E-state index contributed by atoms with van der Waals surface area (Å²) in [7, 11) is 0. The zero-order chi connectivity index (χ0) is 95.8. The Labute approximate surface area is 654 Å². The summed E-state index contributed by atoms with van der Waals surface area (Å²) in [5, 5.41) is 0.600. The Hall–Kier alpha value is -13.0. The predicted molar refractivity (Wildman–Crippen MR) is 446 cm³/mol. The monoisotopic (exact) mass is 1390 g/mol. The van der Waals surface area contributed by atoms with E-state index in [4.69, 9.17) is 26.7 Å². The molecule has 15 aromatic carbocycles. The topological polar surface area (TPSA) is 47.6 Å². The third-order valence-electron chi connectivity index (χ3n) is 21.1. The quantitative estimate of drug-likeness (QED) is 0.149. The molecule has 0 atom stereocenters. The summed E-state index contributed by atoms with van der Waals surface area (Å²) >= 11 is 0. The van der Waals surface area contributed by atoms with Crippen molar-refractivity contribution in [3.63, 3.8) is 0 Å². The lowest BCUT2D eigenvalue weighted by Crippen LogP contribution is -2.61. The highest BCUT2D eigenvalue weighted by Gasteiger charge is 2.45. The van der Waals surface area contributed by atoms with Gasteiger partial charge in [0.05, 0.1) is 95.6 Å². The number of aromatic nitrogens is 3. The SMILES string of the molecule is [2H]c1c([2H])c([2H])c(-c2ccc3c(c2)N(c2cccc4c2oc2c(-n5c6c([2H])c([2H])c([2H])c([2H])c6c6c([2H])c([2H])c([2H])c([2H])c65)cccc24)c2cc(-c4cc(C(C)(C)C)cc(C(C)(C)C)c4)cc4c2B3c2ccc(-n3c5c([2H])c([2H])c([2H])c([2H])c5c5c([2H])c([2H])c([2H])c([2H])c53)cc2N4c2cccc3c2oc2c(-n4c5c([2H])c([2H])c([2H])c([2H])c5c5c([2H])c([2H])c([2H])c([2H])c54)cccc23)c([2H])c1[2H]. The molecule has 106 heavy (non-hydrogen) atoms. The molecule has 0 unspecified atom stereocenters. The molecule has 0 aliphatic carbocycles. The number of rotatable bonds is 7. The molecule has 8 heteroatoms. The summed E-state index contributed by atoms with van der Waals surface area (Å²) in [4.78, 5) is 3.92. The van der Waals surface area contributed by atoms with E-state index in [9.17, 15) is 21.9 Å². The van der Waals surface area contributed by atoms with Crippen molar-refractivity contribution in [3.05, 3.63) is 326 Å². The van der Waals surface area contributed by atoms with Crippen molar-refractivity contribution in [3.8, 4) is 39.3 Å². The summed E-state index contributed by atoms with van der Waals surface area (Å²) in [5.74, 6) is 0. The number of para-hydroxylation sites is 10. The van der Waals surface area contributed by atoms with E-state index >= 15 is 0 Å². The number of nitrogens with zero attached hydrogens (tertiary/aromatic N) is 5. The molecule has 0 spiro atoms. The van der Waals surface area contributed by atoms with Crippen LogP contribution in [0.15, 0.2) is 324 Å². The van der Waals surface area contributed by atoms with E-state index in [1.165, 1.54) is 13.7 Å². The maximum absolute atomic E-state index is 9.85. The Morgan fingerprint density at radius 2 is 0.613 bits per heavy atom. The van der Waals surface area contributed by atoms with Crippen LogP contribution in [0, 0.1) is 0 Å². The molecule has 7 nitrogen and oxygen atoms in total. The van der Waals surface area contributed by atoms with Crippen molar-refractivity contribution in [2.45, 2.75) is 52.4 Å². The molecule has 0 radical (unpaired) electrons. The van der Waals surface area contributed by atoms with Gasteiger partial charge in [-0.25, -0.2) is 0 Å². The zero-order valence-corrected chi connectivity index (χ0v) is 57.4. The molecule has 0 saturated carbocycles. The lowest BCUT2D eigenvalue weighted by molar-refractivity contribution is 0.569. The van der Waals surface area contributed by atoms with E-state index in [0.717, 1.165) is 11.1 Å². The lowest BCUT2D eigenvalue weighted by atomic mass is 9.33. The molecular formula is C98H70BN5O2. The van der Waals surface area contributed by atoms with Crippen LogP contribution in [-0.4, -0.2) is 20.4 Å². The molecule has 2 aliphatic rings. The van der Waals surface area contributed by atoms with Crippen molar-refractivity contribution < 1.29 is 48.6 Å². The van der Waals surface area contributed by atoms with Gasteiger partial charge >= 0.3 is 0 Å². The van der Waals surface area contributed by atoms with Crippen LogP contribution in [0.3, 0.4) is 0 Å². The summed E-state index contributed by atoms with van der Waals surface area (Å²) in [6.45, 7) is 11.6. The van der Waals surface area contributed by atoms with Gasteiger partial charge in [0.2, 0.25) is 0 Å². The fourth-order valence-corrected chi connectivity index (χ4v) is 16.3. The van der Waals surface area contributed by atoms with Crippen LogP contribution in [-0.2, 0) is 10.8 Å². The fourth-order valence-electron chi connectivity index (χ4n) is 16.3. The number of hydrogen-bond acceptors (Lipinski definition) is 4. The van der Waals surface area contributed by atoms with E-state index < -0.39 is 193 Å². The Balaban J connectivity index is 0.917. The minimum Gasteiger partial charge on any atom is -0.452 e. The standard InChI is InChI=1S/C98H70BN5O2/c1-97(2,3)63-52-61(53-64(57-63)98(4,5)6)62-55-90-92-91(56-62)104(87-47-25-37-75-73-35-23-45-85(94(73)106-96(75)87)102-82-42-20-14-32-70(82)71-33-15-21-43-83(71)102)89-58-65(100-78-38-16-10-28-66(78)67-29-11-17-39-79(67)100)49-51-77(89)99(92)76-50-48-60(59-26-8-7-9-27-59)54-88(76)103(90)86-46-24-36-74-72-34-22-44-84(93(72)105-95(74)86)101-80-40-18-12-30-68(80)69-31-13-19-41-81(69)101/h7-58H,1-6H3/i7D,8D,9D,10D,11D,12D,13D,14D,15D,16D,17D,18D,19D,20D,21D,26D,27D,28D,29D,30D,31D,32D,33D,38D,39D,40D,41D,42D,43D. The first-order valence-electron chi connectivity index (χ1n) is 49.1. The Morgan fingerprint density at radius 1 is 0.274 bits per heavy atom. The molecule has 0 bridgehead atoms. The molecule has 0 fully saturated rings. The van der Waals surface area contributed by atoms with Crippen LogP contribution in [0.4, 0.5) is 34.1 Å². The van der Waals surface area contributed by atoms with E-state index in [1.807, 2.05) is 46.2 Å².